The van der Waals surface area contributed by atoms with Crippen molar-refractivity contribution in [2.45, 2.75) is 38.1 Å². The highest BCUT2D eigenvalue weighted by Gasteiger charge is 2.35. The SMILES string of the molecule is CC1CCCC(CBr)(NC(=O)c2cc[nH]c(=O)c2)C1. The van der Waals surface area contributed by atoms with Gasteiger partial charge in [-0.25, -0.2) is 0 Å². The zero-order valence-corrected chi connectivity index (χ0v) is 12.6. The summed E-state index contributed by atoms with van der Waals surface area (Å²) >= 11 is 3.53. The van der Waals surface area contributed by atoms with Gasteiger partial charge < -0.3 is 10.3 Å². The van der Waals surface area contributed by atoms with Crippen LogP contribution in [0.4, 0.5) is 0 Å². The number of hydrogen-bond donors (Lipinski definition) is 2. The van der Waals surface area contributed by atoms with Gasteiger partial charge in [0.25, 0.3) is 5.91 Å². The van der Waals surface area contributed by atoms with Crippen LogP contribution in [-0.4, -0.2) is 21.8 Å². The van der Waals surface area contributed by atoms with Crippen molar-refractivity contribution in [2.75, 3.05) is 5.33 Å². The van der Waals surface area contributed by atoms with E-state index in [2.05, 4.69) is 33.2 Å². The smallest absolute Gasteiger partial charge is 0.251 e. The van der Waals surface area contributed by atoms with E-state index < -0.39 is 0 Å². The Morgan fingerprint density at radius 2 is 2.42 bits per heavy atom. The van der Waals surface area contributed by atoms with Crippen LogP contribution in [0.2, 0.25) is 0 Å². The third-order valence-electron chi connectivity index (χ3n) is 3.76. The molecule has 19 heavy (non-hydrogen) atoms. The topological polar surface area (TPSA) is 62.0 Å². The Balaban J connectivity index is 2.14. The minimum Gasteiger partial charge on any atom is -0.346 e. The van der Waals surface area contributed by atoms with Crippen molar-refractivity contribution < 1.29 is 4.79 Å². The van der Waals surface area contributed by atoms with Crippen LogP contribution in [0.1, 0.15) is 43.0 Å². The molecule has 1 amide bonds. The molecule has 0 radical (unpaired) electrons. The van der Waals surface area contributed by atoms with Crippen LogP contribution in [0.25, 0.3) is 0 Å². The van der Waals surface area contributed by atoms with Crippen molar-refractivity contribution in [3.63, 3.8) is 0 Å². The molecule has 0 aromatic carbocycles. The number of H-pyrrole nitrogens is 1. The Bertz CT molecular complexity index is 514. The quantitative estimate of drug-likeness (QED) is 0.838. The summed E-state index contributed by atoms with van der Waals surface area (Å²) in [5, 5.41) is 3.87. The third kappa shape index (κ3) is 3.47. The van der Waals surface area contributed by atoms with Crippen LogP contribution in [-0.2, 0) is 0 Å². The molecule has 2 rings (SSSR count). The lowest BCUT2D eigenvalue weighted by Gasteiger charge is -2.39. The molecule has 1 fully saturated rings. The number of nitrogens with one attached hydrogen (secondary N) is 2. The number of aromatic nitrogens is 1. The van der Waals surface area contributed by atoms with Crippen molar-refractivity contribution in [1.29, 1.82) is 0 Å². The number of pyridine rings is 1. The predicted octanol–water partition coefficient (Wildman–Crippen LogP) is 2.45. The summed E-state index contributed by atoms with van der Waals surface area (Å²) in [7, 11) is 0. The Morgan fingerprint density at radius 3 is 3.05 bits per heavy atom. The standard InChI is InChI=1S/C14H19BrN2O2/c1-10-3-2-5-14(8-10,9-15)17-13(19)11-4-6-16-12(18)7-11/h4,6-7,10H,2-3,5,8-9H2,1H3,(H,16,18)(H,17,19). The van der Waals surface area contributed by atoms with Gasteiger partial charge in [-0.15, -0.1) is 0 Å². The molecule has 0 bridgehead atoms. The second-order valence-corrected chi connectivity index (χ2v) is 6.07. The zero-order valence-electron chi connectivity index (χ0n) is 11.0. The molecule has 4 nitrogen and oxygen atoms in total. The first-order valence-corrected chi connectivity index (χ1v) is 7.74. The minimum absolute atomic E-state index is 0.167. The van der Waals surface area contributed by atoms with Gasteiger partial charge in [0.1, 0.15) is 0 Å². The maximum absolute atomic E-state index is 12.3. The highest BCUT2D eigenvalue weighted by molar-refractivity contribution is 9.09. The molecule has 2 N–H and O–H groups in total. The first-order valence-electron chi connectivity index (χ1n) is 6.62. The number of carbonyl (C=O) groups excluding carboxylic acids is 1. The van der Waals surface area contributed by atoms with Crippen LogP contribution < -0.4 is 10.9 Å². The second kappa shape index (κ2) is 5.90. The van der Waals surface area contributed by atoms with Crippen LogP contribution in [0.3, 0.4) is 0 Å². The summed E-state index contributed by atoms with van der Waals surface area (Å²) in [5.74, 6) is 0.449. The van der Waals surface area contributed by atoms with Gasteiger partial charge >= 0.3 is 0 Å². The molecular weight excluding hydrogens is 308 g/mol. The van der Waals surface area contributed by atoms with E-state index in [1.165, 1.54) is 18.7 Å². The number of amides is 1. The third-order valence-corrected chi connectivity index (χ3v) is 4.84. The van der Waals surface area contributed by atoms with E-state index in [1.807, 2.05) is 0 Å². The lowest BCUT2D eigenvalue weighted by Crippen LogP contribution is -2.52. The molecule has 104 valence electrons. The van der Waals surface area contributed by atoms with Crippen molar-refractivity contribution in [3.8, 4) is 0 Å². The molecule has 1 aliphatic carbocycles. The van der Waals surface area contributed by atoms with Crippen LogP contribution in [0.15, 0.2) is 23.1 Å². The monoisotopic (exact) mass is 326 g/mol. The van der Waals surface area contributed by atoms with E-state index in [1.54, 1.807) is 6.07 Å². The van der Waals surface area contributed by atoms with Gasteiger partial charge in [-0.3, -0.25) is 9.59 Å². The zero-order chi connectivity index (χ0) is 13.9. The fourth-order valence-electron chi connectivity index (χ4n) is 2.83. The molecule has 1 aromatic rings. The lowest BCUT2D eigenvalue weighted by molar-refractivity contribution is 0.0869. The Labute approximate surface area is 121 Å². The number of aromatic amines is 1. The largest absolute Gasteiger partial charge is 0.346 e. The average molecular weight is 327 g/mol. The number of rotatable bonds is 3. The van der Waals surface area contributed by atoms with Crippen molar-refractivity contribution in [1.82, 2.24) is 10.3 Å². The van der Waals surface area contributed by atoms with Gasteiger partial charge in [0, 0.05) is 23.2 Å². The highest BCUT2D eigenvalue weighted by Crippen LogP contribution is 2.33. The molecule has 0 spiro atoms. The number of carbonyl (C=O) groups is 1. The summed E-state index contributed by atoms with van der Waals surface area (Å²) < 4.78 is 0. The first kappa shape index (κ1) is 14.3. The van der Waals surface area contributed by atoms with E-state index in [0.717, 1.165) is 24.6 Å². The van der Waals surface area contributed by atoms with Gasteiger partial charge in [-0.05, 0) is 24.8 Å². The number of halogens is 1. The molecular formula is C14H19BrN2O2. The fourth-order valence-corrected chi connectivity index (χ4v) is 3.48. The molecule has 1 aromatic heterocycles. The Kier molecular flexibility index (Phi) is 4.45. The highest BCUT2D eigenvalue weighted by atomic mass is 79.9. The first-order chi connectivity index (χ1) is 9.04. The van der Waals surface area contributed by atoms with E-state index in [4.69, 9.17) is 0 Å². The van der Waals surface area contributed by atoms with Gasteiger partial charge in [0.15, 0.2) is 0 Å². The fraction of sp³-hybridized carbons (Fsp3) is 0.571. The molecule has 1 heterocycles. The van der Waals surface area contributed by atoms with Crippen molar-refractivity contribution in [2.24, 2.45) is 5.92 Å². The molecule has 5 heteroatoms. The van der Waals surface area contributed by atoms with Crippen LogP contribution in [0, 0.1) is 5.92 Å². The molecule has 2 atom stereocenters. The molecule has 1 saturated carbocycles. The Morgan fingerprint density at radius 1 is 1.63 bits per heavy atom. The molecule has 1 aliphatic rings. The normalized spacial score (nSPS) is 26.9. The average Bonchev–Trinajstić information content (AvgIpc) is 2.38. The molecule has 0 saturated heterocycles. The van der Waals surface area contributed by atoms with E-state index in [9.17, 15) is 9.59 Å². The van der Waals surface area contributed by atoms with Gasteiger partial charge in [0.2, 0.25) is 5.56 Å². The van der Waals surface area contributed by atoms with E-state index in [0.29, 0.717) is 11.5 Å². The lowest BCUT2D eigenvalue weighted by atomic mass is 9.77. The van der Waals surface area contributed by atoms with Gasteiger partial charge in [-0.1, -0.05) is 35.7 Å². The molecule has 2 unspecified atom stereocenters. The maximum atomic E-state index is 12.3. The predicted molar refractivity (Wildman–Crippen MR) is 78.7 cm³/mol. The minimum atomic E-state index is -0.252. The summed E-state index contributed by atoms with van der Waals surface area (Å²) in [6.07, 6.45) is 5.81. The number of alkyl halides is 1. The van der Waals surface area contributed by atoms with Crippen LogP contribution >= 0.6 is 15.9 Å². The van der Waals surface area contributed by atoms with Gasteiger partial charge in [-0.2, -0.15) is 0 Å². The number of hydrogen-bond acceptors (Lipinski definition) is 2. The maximum Gasteiger partial charge on any atom is 0.251 e. The van der Waals surface area contributed by atoms with E-state index >= 15 is 0 Å². The van der Waals surface area contributed by atoms with E-state index in [-0.39, 0.29) is 17.0 Å². The summed E-state index contributed by atoms with van der Waals surface area (Å²) in [5.41, 5.74) is -0.0166. The Hall–Kier alpha value is -1.10. The van der Waals surface area contributed by atoms with Crippen molar-refractivity contribution >= 4 is 21.8 Å². The summed E-state index contributed by atoms with van der Waals surface area (Å²) in [4.78, 5) is 26.0. The van der Waals surface area contributed by atoms with Gasteiger partial charge in [0.05, 0.1) is 5.54 Å². The van der Waals surface area contributed by atoms with Crippen LogP contribution in [0.5, 0.6) is 0 Å². The second-order valence-electron chi connectivity index (χ2n) is 5.51. The summed E-state index contributed by atoms with van der Waals surface area (Å²) in [6.45, 7) is 2.22. The molecule has 0 aliphatic heterocycles. The van der Waals surface area contributed by atoms with Crippen molar-refractivity contribution in [3.05, 3.63) is 34.2 Å². The summed E-state index contributed by atoms with van der Waals surface area (Å²) in [6, 6.07) is 2.97.